The number of aryl methyl sites for hydroxylation is 4. The van der Waals surface area contributed by atoms with Gasteiger partial charge in [0.2, 0.25) is 0 Å². The molecule has 0 heterocycles. The van der Waals surface area contributed by atoms with Gasteiger partial charge in [0.25, 0.3) is 0 Å². The highest BCUT2D eigenvalue weighted by atomic mass is 14.6. The molecule has 0 saturated heterocycles. The summed E-state index contributed by atoms with van der Waals surface area (Å²) in [6.07, 6.45) is 39.2. The Hall–Kier alpha value is -3.52. The Kier molecular flexibility index (Phi) is 24.1. The molecular formula is C56H84N2. The average molecular weight is 785 g/mol. The average Bonchev–Trinajstić information content (AvgIpc) is 3.23. The molecule has 0 aromatic heterocycles. The van der Waals surface area contributed by atoms with Crippen molar-refractivity contribution in [3.63, 3.8) is 0 Å². The van der Waals surface area contributed by atoms with E-state index in [1.165, 1.54) is 211 Å². The smallest absolute Gasteiger partial charge is 0.0346 e. The first-order valence-corrected chi connectivity index (χ1v) is 24.4. The van der Waals surface area contributed by atoms with Gasteiger partial charge in [-0.2, -0.15) is 0 Å². The summed E-state index contributed by atoms with van der Waals surface area (Å²) < 4.78 is 0. The third-order valence-corrected chi connectivity index (χ3v) is 12.6. The number of unbranched alkanes of at least 4 members (excludes halogenated alkanes) is 21. The summed E-state index contributed by atoms with van der Waals surface area (Å²) in [5, 5.41) is 0. The highest BCUT2D eigenvalue weighted by molar-refractivity contribution is 5.50. The standard InChI is InChI=1S/C56H84N2/c1-3-5-7-19-25-29-53-45-51(39-41-55(53)57)43-49-35-31-47(32-36-49)27-23-21-17-15-13-11-9-10-12-14-16-18-22-24-28-48-33-37-50(38-34-48)44-52-40-42-56(58)54(46-52)30-26-20-8-6-4-2/h31-42,45-46H,3-30,43-44,57-58H2,1-2H3. The summed E-state index contributed by atoms with van der Waals surface area (Å²) in [5.74, 6) is 0. The first-order chi connectivity index (χ1) is 28.5. The molecule has 0 atom stereocenters. The molecule has 4 N–H and O–H groups in total. The molecule has 58 heavy (non-hydrogen) atoms. The van der Waals surface area contributed by atoms with E-state index in [4.69, 9.17) is 11.5 Å². The van der Waals surface area contributed by atoms with Crippen molar-refractivity contribution in [2.75, 3.05) is 11.5 Å². The predicted molar refractivity (Wildman–Crippen MR) is 257 cm³/mol. The molecule has 0 aliphatic heterocycles. The van der Waals surface area contributed by atoms with Gasteiger partial charge in [-0.1, -0.05) is 215 Å². The van der Waals surface area contributed by atoms with Crippen LogP contribution in [-0.2, 0) is 38.5 Å². The van der Waals surface area contributed by atoms with Crippen molar-refractivity contribution in [3.05, 3.63) is 129 Å². The number of hydrogen-bond donors (Lipinski definition) is 2. The molecule has 0 unspecified atom stereocenters. The third-order valence-electron chi connectivity index (χ3n) is 12.6. The summed E-state index contributed by atoms with van der Waals surface area (Å²) in [6, 6.07) is 32.1. The minimum absolute atomic E-state index is 0.958. The SMILES string of the molecule is CCCCCCCc1cc(Cc2ccc(CCCCCCCCCCCCCCCCc3ccc(Cc4ccc(N)c(CCCCCCC)c4)cc3)cc2)ccc1N. The van der Waals surface area contributed by atoms with Crippen molar-refractivity contribution in [2.24, 2.45) is 0 Å². The van der Waals surface area contributed by atoms with E-state index in [0.29, 0.717) is 0 Å². The largest absolute Gasteiger partial charge is 0.399 e. The van der Waals surface area contributed by atoms with Crippen LogP contribution >= 0.6 is 0 Å². The lowest BCUT2D eigenvalue weighted by molar-refractivity contribution is 0.533. The highest BCUT2D eigenvalue weighted by Crippen LogP contribution is 2.23. The Balaban J connectivity index is 0.935. The maximum Gasteiger partial charge on any atom is 0.0346 e. The first-order valence-electron chi connectivity index (χ1n) is 24.4. The zero-order valence-corrected chi connectivity index (χ0v) is 37.5. The minimum Gasteiger partial charge on any atom is -0.399 e. The maximum atomic E-state index is 6.31. The molecule has 4 aromatic carbocycles. The van der Waals surface area contributed by atoms with Gasteiger partial charge in [-0.3, -0.25) is 0 Å². The Bertz CT molecular complexity index is 1490. The van der Waals surface area contributed by atoms with Gasteiger partial charge in [0.05, 0.1) is 0 Å². The highest BCUT2D eigenvalue weighted by Gasteiger charge is 2.06. The molecular weight excluding hydrogens is 701 g/mol. The summed E-state index contributed by atoms with van der Waals surface area (Å²) in [6.45, 7) is 4.55. The second-order valence-electron chi connectivity index (χ2n) is 17.8. The fourth-order valence-corrected chi connectivity index (χ4v) is 8.71. The molecule has 0 amide bonds. The van der Waals surface area contributed by atoms with Gasteiger partial charge in [0.1, 0.15) is 0 Å². The monoisotopic (exact) mass is 785 g/mol. The maximum absolute atomic E-state index is 6.31. The van der Waals surface area contributed by atoms with Crippen molar-refractivity contribution >= 4 is 11.4 Å². The first kappa shape index (κ1) is 47.2. The molecule has 4 aromatic rings. The molecule has 0 radical (unpaired) electrons. The van der Waals surface area contributed by atoms with Crippen molar-refractivity contribution in [2.45, 2.75) is 206 Å². The Labute approximate surface area is 357 Å². The number of hydrogen-bond acceptors (Lipinski definition) is 2. The minimum atomic E-state index is 0.958. The summed E-state index contributed by atoms with van der Waals surface area (Å²) >= 11 is 0. The molecule has 2 nitrogen and oxygen atoms in total. The number of rotatable bonds is 33. The Morgan fingerprint density at radius 3 is 0.862 bits per heavy atom. The van der Waals surface area contributed by atoms with Gasteiger partial charge < -0.3 is 11.5 Å². The molecule has 0 saturated carbocycles. The number of benzene rings is 4. The van der Waals surface area contributed by atoms with E-state index in [9.17, 15) is 0 Å². The van der Waals surface area contributed by atoms with E-state index >= 15 is 0 Å². The Morgan fingerprint density at radius 1 is 0.276 bits per heavy atom. The van der Waals surface area contributed by atoms with Crippen LogP contribution in [0.2, 0.25) is 0 Å². The van der Waals surface area contributed by atoms with Crippen molar-refractivity contribution in [3.8, 4) is 0 Å². The quantitative estimate of drug-likeness (QED) is 0.0373. The lowest BCUT2D eigenvalue weighted by Crippen LogP contribution is -1.98. The van der Waals surface area contributed by atoms with Crippen LogP contribution in [0.5, 0.6) is 0 Å². The fraction of sp³-hybridized carbons (Fsp3) is 0.571. The normalized spacial score (nSPS) is 11.4. The number of nitrogen functional groups attached to an aromatic ring is 2. The zero-order chi connectivity index (χ0) is 40.9. The molecule has 0 aliphatic carbocycles. The van der Waals surface area contributed by atoms with Gasteiger partial charge in [-0.05, 0) is 121 Å². The van der Waals surface area contributed by atoms with Gasteiger partial charge >= 0.3 is 0 Å². The second-order valence-corrected chi connectivity index (χ2v) is 17.8. The van der Waals surface area contributed by atoms with Crippen molar-refractivity contribution < 1.29 is 0 Å². The van der Waals surface area contributed by atoms with Gasteiger partial charge in [0.15, 0.2) is 0 Å². The van der Waals surface area contributed by atoms with Crippen LogP contribution in [0.3, 0.4) is 0 Å². The molecule has 4 rings (SSSR count). The van der Waals surface area contributed by atoms with E-state index in [1.54, 1.807) is 0 Å². The Morgan fingerprint density at radius 2 is 0.534 bits per heavy atom. The number of nitrogens with two attached hydrogens (primary N) is 2. The summed E-state index contributed by atoms with van der Waals surface area (Å²) in [4.78, 5) is 0. The van der Waals surface area contributed by atoms with Crippen molar-refractivity contribution in [1.82, 2.24) is 0 Å². The molecule has 0 spiro atoms. The van der Waals surface area contributed by atoms with Gasteiger partial charge in [-0.25, -0.2) is 0 Å². The van der Waals surface area contributed by atoms with Crippen LogP contribution in [0.15, 0.2) is 84.9 Å². The second kappa shape index (κ2) is 29.7. The predicted octanol–water partition coefficient (Wildman–Crippen LogP) is 16.3. The summed E-state index contributed by atoms with van der Waals surface area (Å²) in [5.41, 5.74) is 25.8. The van der Waals surface area contributed by atoms with Crippen LogP contribution in [-0.4, -0.2) is 0 Å². The fourth-order valence-electron chi connectivity index (χ4n) is 8.71. The van der Waals surface area contributed by atoms with Crippen LogP contribution < -0.4 is 11.5 Å². The van der Waals surface area contributed by atoms with Crippen LogP contribution in [0.25, 0.3) is 0 Å². The third kappa shape index (κ3) is 20.0. The van der Waals surface area contributed by atoms with Crippen LogP contribution in [0.1, 0.15) is 212 Å². The van der Waals surface area contributed by atoms with Crippen LogP contribution in [0.4, 0.5) is 11.4 Å². The summed E-state index contributed by atoms with van der Waals surface area (Å²) in [7, 11) is 0. The number of anilines is 2. The van der Waals surface area contributed by atoms with E-state index in [0.717, 1.165) is 37.1 Å². The van der Waals surface area contributed by atoms with Gasteiger partial charge in [-0.15, -0.1) is 0 Å². The van der Waals surface area contributed by atoms with E-state index < -0.39 is 0 Å². The molecule has 0 bridgehead atoms. The van der Waals surface area contributed by atoms with Crippen LogP contribution in [0, 0.1) is 0 Å². The zero-order valence-electron chi connectivity index (χ0n) is 37.5. The molecule has 0 aliphatic rings. The lowest BCUT2D eigenvalue weighted by Gasteiger charge is -2.10. The molecule has 318 valence electrons. The lowest BCUT2D eigenvalue weighted by atomic mass is 9.97. The molecule has 2 heteroatoms. The van der Waals surface area contributed by atoms with E-state index in [2.05, 4.69) is 98.8 Å². The molecule has 0 fully saturated rings. The van der Waals surface area contributed by atoms with Crippen molar-refractivity contribution in [1.29, 1.82) is 0 Å². The van der Waals surface area contributed by atoms with E-state index in [-0.39, 0.29) is 0 Å². The topological polar surface area (TPSA) is 52.0 Å². The van der Waals surface area contributed by atoms with E-state index in [1.807, 2.05) is 0 Å². The van der Waals surface area contributed by atoms with Gasteiger partial charge in [0, 0.05) is 11.4 Å².